The number of hydrogen-bond acceptors (Lipinski definition) is 3. The number of aryl methyl sites for hydroxylation is 3. The number of nitrogens with one attached hydrogen (secondary N) is 1. The summed E-state index contributed by atoms with van der Waals surface area (Å²) >= 11 is 6.12. The minimum atomic E-state index is -3.64. The van der Waals surface area contributed by atoms with Crippen LogP contribution < -0.4 is 9.62 Å². The summed E-state index contributed by atoms with van der Waals surface area (Å²) in [5.41, 5.74) is 4.37. The van der Waals surface area contributed by atoms with Crippen LogP contribution in [-0.4, -0.2) is 27.1 Å². The molecule has 1 amide bonds. The molecule has 0 saturated carbocycles. The number of hydrogen-bond donors (Lipinski definition) is 1. The van der Waals surface area contributed by atoms with Crippen molar-refractivity contribution in [3.63, 3.8) is 0 Å². The Balaban J connectivity index is 2.21. The van der Waals surface area contributed by atoms with E-state index in [0.29, 0.717) is 10.7 Å². The Hall–Kier alpha value is -2.05. The number of carbonyl (C=O) groups excluding carboxylic acids is 1. The zero-order valence-electron chi connectivity index (χ0n) is 16.2. The standard InChI is InChI=1S/C20H25ClN2O3S/c1-13-6-7-14(2)18(10-13)16(4)22-20(24)12-23(27(5,25)26)17-9-8-15(3)19(21)11-17/h6-11,16H,12H2,1-5H3,(H,22,24)/t16-/m1/s1. The highest BCUT2D eigenvalue weighted by Gasteiger charge is 2.22. The predicted octanol–water partition coefficient (Wildman–Crippen LogP) is 3.91. The fourth-order valence-electron chi connectivity index (χ4n) is 2.86. The van der Waals surface area contributed by atoms with Gasteiger partial charge in [-0.2, -0.15) is 0 Å². The summed E-state index contributed by atoms with van der Waals surface area (Å²) in [6.45, 7) is 7.37. The quantitative estimate of drug-likeness (QED) is 0.787. The average molecular weight is 409 g/mol. The van der Waals surface area contributed by atoms with Crippen molar-refractivity contribution in [3.8, 4) is 0 Å². The number of amides is 1. The van der Waals surface area contributed by atoms with Gasteiger partial charge in [0.15, 0.2) is 0 Å². The Kier molecular flexibility index (Phi) is 6.54. The molecule has 2 aromatic rings. The highest BCUT2D eigenvalue weighted by Crippen LogP contribution is 2.25. The molecule has 0 bridgehead atoms. The summed E-state index contributed by atoms with van der Waals surface area (Å²) < 4.78 is 25.5. The van der Waals surface area contributed by atoms with Gasteiger partial charge in [0.25, 0.3) is 0 Å². The van der Waals surface area contributed by atoms with Gasteiger partial charge < -0.3 is 5.32 Å². The fraction of sp³-hybridized carbons (Fsp3) is 0.350. The average Bonchev–Trinajstić information content (AvgIpc) is 2.56. The van der Waals surface area contributed by atoms with E-state index in [1.54, 1.807) is 18.2 Å². The summed E-state index contributed by atoms with van der Waals surface area (Å²) in [5, 5.41) is 3.33. The third-order valence-electron chi connectivity index (χ3n) is 4.41. The van der Waals surface area contributed by atoms with Crippen molar-refractivity contribution in [2.45, 2.75) is 33.7 Å². The van der Waals surface area contributed by atoms with Crippen LogP contribution in [-0.2, 0) is 14.8 Å². The molecule has 1 atom stereocenters. The molecule has 27 heavy (non-hydrogen) atoms. The van der Waals surface area contributed by atoms with Gasteiger partial charge >= 0.3 is 0 Å². The van der Waals surface area contributed by atoms with E-state index in [1.165, 1.54) is 0 Å². The summed E-state index contributed by atoms with van der Waals surface area (Å²) in [7, 11) is -3.64. The molecule has 1 N–H and O–H groups in total. The van der Waals surface area contributed by atoms with Crippen molar-refractivity contribution in [3.05, 3.63) is 63.7 Å². The third-order valence-corrected chi connectivity index (χ3v) is 5.96. The Morgan fingerprint density at radius 3 is 2.33 bits per heavy atom. The lowest BCUT2D eigenvalue weighted by Gasteiger charge is -2.24. The van der Waals surface area contributed by atoms with Gasteiger partial charge in [-0.15, -0.1) is 0 Å². The maximum Gasteiger partial charge on any atom is 0.241 e. The van der Waals surface area contributed by atoms with Gasteiger partial charge in [-0.05, 0) is 56.5 Å². The SMILES string of the molecule is Cc1ccc(C)c([C@@H](C)NC(=O)CN(c2ccc(C)c(Cl)c2)S(C)(=O)=O)c1. The molecule has 0 aliphatic heterocycles. The highest BCUT2D eigenvalue weighted by molar-refractivity contribution is 7.92. The van der Waals surface area contributed by atoms with Gasteiger partial charge in [0.1, 0.15) is 6.54 Å². The van der Waals surface area contributed by atoms with E-state index in [0.717, 1.165) is 32.8 Å². The van der Waals surface area contributed by atoms with Gasteiger partial charge in [-0.3, -0.25) is 9.10 Å². The molecule has 7 heteroatoms. The van der Waals surface area contributed by atoms with Gasteiger partial charge in [0, 0.05) is 5.02 Å². The number of benzene rings is 2. The topological polar surface area (TPSA) is 66.5 Å². The van der Waals surface area contributed by atoms with Crippen LogP contribution in [0.4, 0.5) is 5.69 Å². The predicted molar refractivity (Wildman–Crippen MR) is 111 cm³/mol. The van der Waals surface area contributed by atoms with E-state index < -0.39 is 10.0 Å². The largest absolute Gasteiger partial charge is 0.348 e. The molecule has 0 fully saturated rings. The second-order valence-corrected chi connectivity index (χ2v) is 9.17. The van der Waals surface area contributed by atoms with Gasteiger partial charge in [-0.25, -0.2) is 8.42 Å². The van der Waals surface area contributed by atoms with E-state index in [9.17, 15) is 13.2 Å². The Bertz CT molecular complexity index is 958. The van der Waals surface area contributed by atoms with E-state index in [-0.39, 0.29) is 18.5 Å². The zero-order chi connectivity index (χ0) is 20.4. The van der Waals surface area contributed by atoms with Crippen LogP contribution >= 0.6 is 11.6 Å². The molecule has 0 heterocycles. The molecular weight excluding hydrogens is 384 g/mol. The minimum Gasteiger partial charge on any atom is -0.348 e. The van der Waals surface area contributed by atoms with E-state index >= 15 is 0 Å². The molecule has 0 aliphatic rings. The van der Waals surface area contributed by atoms with Crippen LogP contribution in [0.5, 0.6) is 0 Å². The van der Waals surface area contributed by atoms with Crippen LogP contribution in [0.2, 0.25) is 5.02 Å². The van der Waals surface area contributed by atoms with Crippen LogP contribution in [0, 0.1) is 20.8 Å². The Morgan fingerprint density at radius 2 is 1.74 bits per heavy atom. The fourth-order valence-corrected chi connectivity index (χ4v) is 3.88. The van der Waals surface area contributed by atoms with Crippen molar-refractivity contribution >= 4 is 33.2 Å². The minimum absolute atomic E-state index is 0.236. The third kappa shape index (κ3) is 5.47. The van der Waals surface area contributed by atoms with Crippen molar-refractivity contribution in [1.29, 1.82) is 0 Å². The molecule has 2 rings (SSSR count). The maximum atomic E-state index is 12.6. The normalized spacial score (nSPS) is 12.5. The van der Waals surface area contributed by atoms with Crippen molar-refractivity contribution < 1.29 is 13.2 Å². The number of sulfonamides is 1. The van der Waals surface area contributed by atoms with Crippen molar-refractivity contribution in [1.82, 2.24) is 5.32 Å². The lowest BCUT2D eigenvalue weighted by molar-refractivity contribution is -0.120. The second-order valence-electron chi connectivity index (χ2n) is 6.85. The van der Waals surface area contributed by atoms with Crippen molar-refractivity contribution in [2.75, 3.05) is 17.1 Å². The zero-order valence-corrected chi connectivity index (χ0v) is 17.8. The Labute approximate surface area is 166 Å². The maximum absolute atomic E-state index is 12.6. The van der Waals surface area contributed by atoms with E-state index in [1.807, 2.05) is 45.9 Å². The smallest absolute Gasteiger partial charge is 0.241 e. The first-order valence-electron chi connectivity index (χ1n) is 8.59. The summed E-state index contributed by atoms with van der Waals surface area (Å²) in [4.78, 5) is 12.6. The number of halogens is 1. The number of nitrogens with zero attached hydrogens (tertiary/aromatic N) is 1. The van der Waals surface area contributed by atoms with Crippen LogP contribution in [0.1, 0.15) is 35.2 Å². The number of anilines is 1. The molecule has 0 aliphatic carbocycles. The number of carbonyl (C=O) groups is 1. The summed E-state index contributed by atoms with van der Waals surface area (Å²) in [5.74, 6) is -0.384. The first-order chi connectivity index (χ1) is 12.5. The molecule has 0 unspecified atom stereocenters. The highest BCUT2D eigenvalue weighted by atomic mass is 35.5. The van der Waals surface area contributed by atoms with Crippen LogP contribution in [0.3, 0.4) is 0 Å². The van der Waals surface area contributed by atoms with E-state index in [4.69, 9.17) is 11.6 Å². The number of rotatable bonds is 6. The summed E-state index contributed by atoms with van der Waals surface area (Å²) in [6.07, 6.45) is 1.07. The summed E-state index contributed by atoms with van der Waals surface area (Å²) in [6, 6.07) is 10.7. The second kappa shape index (κ2) is 8.31. The van der Waals surface area contributed by atoms with Crippen LogP contribution in [0.15, 0.2) is 36.4 Å². The van der Waals surface area contributed by atoms with Gasteiger partial charge in [0.2, 0.25) is 15.9 Å². The Morgan fingerprint density at radius 1 is 1.11 bits per heavy atom. The molecule has 5 nitrogen and oxygen atoms in total. The molecular formula is C20H25ClN2O3S. The first kappa shape index (κ1) is 21.3. The first-order valence-corrected chi connectivity index (χ1v) is 10.8. The molecule has 0 aromatic heterocycles. The van der Waals surface area contributed by atoms with Gasteiger partial charge in [0.05, 0.1) is 18.0 Å². The lowest BCUT2D eigenvalue weighted by Crippen LogP contribution is -2.41. The van der Waals surface area contributed by atoms with E-state index in [2.05, 4.69) is 5.32 Å². The van der Waals surface area contributed by atoms with Gasteiger partial charge in [-0.1, -0.05) is 41.4 Å². The molecule has 0 radical (unpaired) electrons. The van der Waals surface area contributed by atoms with Crippen molar-refractivity contribution in [2.24, 2.45) is 0 Å². The monoisotopic (exact) mass is 408 g/mol. The lowest BCUT2D eigenvalue weighted by atomic mass is 10.00. The molecule has 0 spiro atoms. The molecule has 0 saturated heterocycles. The van der Waals surface area contributed by atoms with Crippen LogP contribution in [0.25, 0.3) is 0 Å². The molecule has 146 valence electrons. The molecule has 2 aromatic carbocycles.